The molecule has 0 saturated heterocycles. The van der Waals surface area contributed by atoms with E-state index >= 15 is 0 Å². The second-order valence-corrected chi connectivity index (χ2v) is 9.39. The molecule has 0 aliphatic carbocycles. The predicted molar refractivity (Wildman–Crippen MR) is 166 cm³/mol. The second-order valence-electron chi connectivity index (χ2n) is 9.39. The Morgan fingerprint density at radius 2 is 1.11 bits per heavy atom. The topological polar surface area (TPSA) is 100 Å². The minimum Gasteiger partial charge on any atom is -0.493 e. The van der Waals surface area contributed by atoms with Crippen LogP contribution < -0.4 is 14.2 Å². The number of ether oxygens (including phenoxy) is 9. The monoisotopic (exact) mass is 612 g/mol. The van der Waals surface area contributed by atoms with Crippen molar-refractivity contribution < 1.29 is 47.4 Å². The van der Waals surface area contributed by atoms with E-state index in [0.717, 1.165) is 23.0 Å². The van der Waals surface area contributed by atoms with Crippen molar-refractivity contribution in [3.63, 3.8) is 0 Å². The lowest BCUT2D eigenvalue weighted by Crippen LogP contribution is -2.14. The van der Waals surface area contributed by atoms with Gasteiger partial charge >= 0.3 is 0 Å². The van der Waals surface area contributed by atoms with Crippen LogP contribution in [-0.4, -0.2) is 99.8 Å². The molecular weight excluding hydrogens is 568 g/mol. The largest absolute Gasteiger partial charge is 0.493 e. The maximum Gasteiger partial charge on any atom is 0.172 e. The molecule has 0 aliphatic heterocycles. The Morgan fingerprint density at radius 1 is 0.568 bits per heavy atom. The molecule has 0 atom stereocenters. The Kier molecular flexibility index (Phi) is 17.5. The van der Waals surface area contributed by atoms with Crippen LogP contribution in [0.2, 0.25) is 0 Å². The van der Waals surface area contributed by atoms with Crippen molar-refractivity contribution in [2.24, 2.45) is 0 Å². The fraction of sp³-hybridized carbons (Fsp3) is 0.441. The van der Waals surface area contributed by atoms with Crippen LogP contribution in [0.15, 0.2) is 66.7 Å². The molecule has 0 heterocycles. The number of hydrogen-bond acceptors (Lipinski definition) is 10. The highest BCUT2D eigenvalue weighted by Crippen LogP contribution is 2.39. The molecule has 0 aliphatic rings. The van der Waals surface area contributed by atoms with Crippen LogP contribution in [0.5, 0.6) is 17.2 Å². The molecule has 0 spiro atoms. The van der Waals surface area contributed by atoms with E-state index in [9.17, 15) is 4.79 Å². The molecular formula is C34H44O10. The average Bonchev–Trinajstić information content (AvgIpc) is 3.07. The zero-order valence-electron chi connectivity index (χ0n) is 25.7. The molecule has 3 aromatic rings. The van der Waals surface area contributed by atoms with Crippen molar-refractivity contribution in [1.82, 2.24) is 0 Å². The van der Waals surface area contributed by atoms with Crippen LogP contribution in [-0.2, 0) is 35.0 Å². The van der Waals surface area contributed by atoms with Crippen molar-refractivity contribution in [3.8, 4) is 28.4 Å². The number of hydrogen-bond donors (Lipinski definition) is 0. The van der Waals surface area contributed by atoms with Crippen molar-refractivity contribution in [3.05, 3.63) is 77.9 Å². The van der Waals surface area contributed by atoms with E-state index in [0.29, 0.717) is 109 Å². The average molecular weight is 613 g/mol. The van der Waals surface area contributed by atoms with Gasteiger partial charge in [-0.15, -0.1) is 0 Å². The summed E-state index contributed by atoms with van der Waals surface area (Å²) in [6.45, 7) is 6.20. The van der Waals surface area contributed by atoms with Gasteiger partial charge in [-0.25, -0.2) is 0 Å². The number of methoxy groups -OCH3 is 2. The van der Waals surface area contributed by atoms with E-state index in [1.807, 2.05) is 60.7 Å². The van der Waals surface area contributed by atoms with E-state index in [1.54, 1.807) is 20.3 Å². The summed E-state index contributed by atoms with van der Waals surface area (Å²) in [4.78, 5) is 12.0. The Balaban J connectivity index is 1.34. The molecule has 3 rings (SSSR count). The van der Waals surface area contributed by atoms with Crippen LogP contribution in [0.25, 0.3) is 11.1 Å². The SMILES string of the molecule is COCCOCCOCCOCCOCCOCCOc1ccccc1-c1cc(C=O)c(OCc2ccccc2)c(OC)c1. The summed E-state index contributed by atoms with van der Waals surface area (Å²) in [5.74, 6) is 1.54. The fourth-order valence-electron chi connectivity index (χ4n) is 4.07. The number of aldehydes is 1. The number of rotatable bonds is 25. The van der Waals surface area contributed by atoms with Crippen LogP contribution in [0.1, 0.15) is 15.9 Å². The van der Waals surface area contributed by atoms with Crippen molar-refractivity contribution in [1.29, 1.82) is 0 Å². The van der Waals surface area contributed by atoms with Gasteiger partial charge in [0.2, 0.25) is 0 Å². The molecule has 10 nitrogen and oxygen atoms in total. The first-order chi connectivity index (χ1) is 21.8. The Hall–Kier alpha value is -3.51. The zero-order chi connectivity index (χ0) is 31.1. The fourth-order valence-corrected chi connectivity index (χ4v) is 4.07. The van der Waals surface area contributed by atoms with Crippen molar-refractivity contribution in [2.45, 2.75) is 6.61 Å². The van der Waals surface area contributed by atoms with Crippen LogP contribution >= 0.6 is 0 Å². The maximum atomic E-state index is 12.0. The number of para-hydroxylation sites is 1. The molecule has 0 fully saturated rings. The van der Waals surface area contributed by atoms with Crippen molar-refractivity contribution >= 4 is 6.29 Å². The highest BCUT2D eigenvalue weighted by atomic mass is 16.6. The molecule has 44 heavy (non-hydrogen) atoms. The van der Waals surface area contributed by atoms with E-state index in [1.165, 1.54) is 0 Å². The van der Waals surface area contributed by atoms with E-state index in [2.05, 4.69) is 0 Å². The first-order valence-electron chi connectivity index (χ1n) is 14.7. The minimum atomic E-state index is 0.318. The molecule has 0 bridgehead atoms. The molecule has 0 aromatic heterocycles. The zero-order valence-corrected chi connectivity index (χ0v) is 25.7. The molecule has 10 heteroatoms. The van der Waals surface area contributed by atoms with Crippen molar-refractivity contribution in [2.75, 3.05) is 93.5 Å². The lowest BCUT2D eigenvalue weighted by Gasteiger charge is -2.17. The number of carbonyl (C=O) groups excluding carboxylic acids is 1. The number of carbonyl (C=O) groups is 1. The first-order valence-corrected chi connectivity index (χ1v) is 14.7. The normalized spacial score (nSPS) is 11.0. The summed E-state index contributed by atoms with van der Waals surface area (Å²) in [5.41, 5.74) is 2.99. The van der Waals surface area contributed by atoms with Crippen LogP contribution in [0.4, 0.5) is 0 Å². The summed E-state index contributed by atoms with van der Waals surface area (Å²) in [6, 6.07) is 21.0. The smallest absolute Gasteiger partial charge is 0.172 e. The Bertz CT molecular complexity index is 1190. The van der Waals surface area contributed by atoms with Crippen LogP contribution in [0, 0.1) is 0 Å². The molecule has 3 aromatic carbocycles. The van der Waals surface area contributed by atoms with Gasteiger partial charge < -0.3 is 42.6 Å². The summed E-state index contributed by atoms with van der Waals surface area (Å²) in [6.07, 6.45) is 0.774. The first kappa shape index (κ1) is 35.0. The van der Waals surface area contributed by atoms with Crippen LogP contribution in [0.3, 0.4) is 0 Å². The molecule has 0 unspecified atom stereocenters. The summed E-state index contributed by atoms with van der Waals surface area (Å²) >= 11 is 0. The highest BCUT2D eigenvalue weighted by molar-refractivity contribution is 5.86. The standard InChI is InChI=1S/C34H44O10/c1-36-12-13-38-14-15-39-16-17-40-18-19-41-20-21-42-22-23-43-32-11-7-6-10-31(32)29-24-30(26-35)34(33(25-29)37-2)44-27-28-8-4-3-5-9-28/h3-11,24-26H,12-23,27H2,1-2H3. The molecule has 0 N–H and O–H groups in total. The predicted octanol–water partition coefficient (Wildman–Crippen LogP) is 4.86. The lowest BCUT2D eigenvalue weighted by atomic mass is 10.0. The van der Waals surface area contributed by atoms with E-state index in [4.69, 9.17) is 42.6 Å². The minimum absolute atomic E-state index is 0.318. The third kappa shape index (κ3) is 13.0. The van der Waals surface area contributed by atoms with Gasteiger partial charge in [0.05, 0.1) is 85.3 Å². The van der Waals surface area contributed by atoms with Gasteiger partial charge in [0, 0.05) is 12.7 Å². The van der Waals surface area contributed by atoms with Gasteiger partial charge in [0.25, 0.3) is 0 Å². The molecule has 0 radical (unpaired) electrons. The summed E-state index contributed by atoms with van der Waals surface area (Å²) in [5, 5.41) is 0. The molecule has 240 valence electrons. The molecule has 0 saturated carbocycles. The van der Waals surface area contributed by atoms with E-state index in [-0.39, 0.29) is 0 Å². The van der Waals surface area contributed by atoms with E-state index < -0.39 is 0 Å². The third-order valence-corrected chi connectivity index (χ3v) is 6.26. The van der Waals surface area contributed by atoms with Gasteiger partial charge in [0.15, 0.2) is 17.8 Å². The highest BCUT2D eigenvalue weighted by Gasteiger charge is 2.16. The lowest BCUT2D eigenvalue weighted by molar-refractivity contribution is -0.0159. The molecule has 0 amide bonds. The van der Waals surface area contributed by atoms with Gasteiger partial charge in [-0.1, -0.05) is 48.5 Å². The number of benzene rings is 3. The van der Waals surface area contributed by atoms with Gasteiger partial charge in [-0.2, -0.15) is 0 Å². The Labute approximate surface area is 260 Å². The second kappa shape index (κ2) is 22.1. The van der Waals surface area contributed by atoms with Gasteiger partial charge in [0.1, 0.15) is 19.0 Å². The third-order valence-electron chi connectivity index (χ3n) is 6.26. The quantitative estimate of drug-likeness (QED) is 0.0974. The maximum absolute atomic E-state index is 12.0. The van der Waals surface area contributed by atoms with Gasteiger partial charge in [-0.05, 0) is 29.3 Å². The Morgan fingerprint density at radius 3 is 1.68 bits per heavy atom. The summed E-state index contributed by atoms with van der Waals surface area (Å²) < 4.78 is 49.9. The summed E-state index contributed by atoms with van der Waals surface area (Å²) in [7, 11) is 3.20. The van der Waals surface area contributed by atoms with Gasteiger partial charge in [-0.3, -0.25) is 4.79 Å².